The van der Waals surface area contributed by atoms with E-state index < -0.39 is 0 Å². The fourth-order valence-corrected chi connectivity index (χ4v) is 10.1. The molecule has 4 fully saturated rings. The van der Waals surface area contributed by atoms with Crippen LogP contribution in [0.1, 0.15) is 65.2 Å². The quantitative estimate of drug-likeness (QED) is 0.323. The minimum absolute atomic E-state index is 0.589. The summed E-state index contributed by atoms with van der Waals surface area (Å²) in [6.07, 6.45) is 12.1. The predicted molar refractivity (Wildman–Crippen MR) is 132 cm³/mol. The van der Waals surface area contributed by atoms with Crippen molar-refractivity contribution in [3.63, 3.8) is 0 Å². The smallest absolute Gasteiger partial charge is 0.0229 e. The van der Waals surface area contributed by atoms with Gasteiger partial charge in [0.2, 0.25) is 0 Å². The normalized spacial score (nSPS) is 39.3. The summed E-state index contributed by atoms with van der Waals surface area (Å²) >= 11 is 8.83. The molecule has 0 aromatic heterocycles. The molecule has 2 saturated heterocycles. The van der Waals surface area contributed by atoms with Crippen LogP contribution in [0.5, 0.6) is 0 Å². The van der Waals surface area contributed by atoms with Gasteiger partial charge in [-0.3, -0.25) is 0 Å². The molecular weight excluding hydrogens is 405 g/mol. The van der Waals surface area contributed by atoms with E-state index in [-0.39, 0.29) is 0 Å². The molecule has 0 aromatic rings. The number of hydrogen-bond acceptors (Lipinski definition) is 4. The zero-order chi connectivity index (χ0) is 18.7. The van der Waals surface area contributed by atoms with Crippen LogP contribution >= 0.6 is 47.0 Å². The Labute approximate surface area is 185 Å². The van der Waals surface area contributed by atoms with E-state index in [0.717, 1.165) is 34.2 Å². The maximum atomic E-state index is 2.64. The summed E-state index contributed by atoms with van der Waals surface area (Å²) in [5.74, 6) is 12.7. The van der Waals surface area contributed by atoms with Gasteiger partial charge in [0.15, 0.2) is 0 Å². The molecule has 2 aliphatic heterocycles. The van der Waals surface area contributed by atoms with Crippen molar-refractivity contribution in [1.82, 2.24) is 0 Å². The summed E-state index contributed by atoms with van der Waals surface area (Å²) in [6.45, 7) is 5.28. The van der Waals surface area contributed by atoms with Crippen molar-refractivity contribution in [2.45, 2.75) is 75.7 Å². The average Bonchev–Trinajstić information content (AvgIpc) is 3.58. The second kappa shape index (κ2) is 10.1. The van der Waals surface area contributed by atoms with Gasteiger partial charge in [-0.25, -0.2) is 0 Å². The van der Waals surface area contributed by atoms with E-state index in [1.54, 1.807) is 0 Å². The molecule has 156 valence electrons. The first-order valence-corrected chi connectivity index (χ1v) is 15.9. The van der Waals surface area contributed by atoms with Crippen molar-refractivity contribution in [3.05, 3.63) is 0 Å². The van der Waals surface area contributed by atoms with Gasteiger partial charge in [-0.05, 0) is 92.0 Å². The second-order valence-corrected chi connectivity index (χ2v) is 15.1. The molecule has 0 aromatic carbocycles. The Balaban J connectivity index is 1.14. The largest absolute Gasteiger partial charge is 0.161 e. The van der Waals surface area contributed by atoms with Gasteiger partial charge in [0.1, 0.15) is 0 Å². The molecule has 0 nitrogen and oxygen atoms in total. The lowest BCUT2D eigenvalue weighted by Crippen LogP contribution is -2.37. The summed E-state index contributed by atoms with van der Waals surface area (Å²) in [7, 11) is 0. The van der Waals surface area contributed by atoms with E-state index in [1.807, 2.05) is 0 Å². The van der Waals surface area contributed by atoms with Crippen LogP contribution in [-0.4, -0.2) is 45.0 Å². The first-order valence-electron chi connectivity index (χ1n) is 11.5. The molecule has 2 unspecified atom stereocenters. The molecule has 0 amide bonds. The molecule has 2 heterocycles. The zero-order valence-electron chi connectivity index (χ0n) is 17.5. The minimum atomic E-state index is 0.589. The lowest BCUT2D eigenvalue weighted by atomic mass is 9.59. The fraction of sp³-hybridized carbons (Fsp3) is 1.00. The number of thioether (sulfide) groups is 4. The van der Waals surface area contributed by atoms with Crippen LogP contribution in [0.3, 0.4) is 0 Å². The fourth-order valence-electron chi connectivity index (χ4n) is 5.54. The molecule has 2 aliphatic carbocycles. The summed E-state index contributed by atoms with van der Waals surface area (Å²) in [5.41, 5.74) is 0.589. The van der Waals surface area contributed by atoms with E-state index in [0.29, 0.717) is 5.41 Å². The van der Waals surface area contributed by atoms with Crippen LogP contribution in [0.25, 0.3) is 0 Å². The molecule has 0 spiro atoms. The predicted octanol–water partition coefficient (Wildman–Crippen LogP) is 7.32. The van der Waals surface area contributed by atoms with Crippen LogP contribution in [-0.2, 0) is 0 Å². The monoisotopic (exact) mass is 444 g/mol. The Morgan fingerprint density at radius 3 is 1.33 bits per heavy atom. The molecule has 4 heteroatoms. The Morgan fingerprint density at radius 1 is 0.630 bits per heavy atom. The van der Waals surface area contributed by atoms with Crippen LogP contribution in [0, 0.1) is 29.1 Å². The van der Waals surface area contributed by atoms with Gasteiger partial charge in [-0.1, -0.05) is 13.8 Å². The van der Waals surface area contributed by atoms with Crippen molar-refractivity contribution < 1.29 is 0 Å². The highest BCUT2D eigenvalue weighted by molar-refractivity contribution is 8.09. The van der Waals surface area contributed by atoms with E-state index in [2.05, 4.69) is 60.9 Å². The zero-order valence-corrected chi connectivity index (χ0v) is 20.8. The van der Waals surface area contributed by atoms with Crippen molar-refractivity contribution in [3.8, 4) is 0 Å². The first-order chi connectivity index (χ1) is 13.1. The van der Waals surface area contributed by atoms with Crippen molar-refractivity contribution in [2.75, 3.05) is 34.5 Å². The summed E-state index contributed by atoms with van der Waals surface area (Å²) in [6, 6.07) is 0. The van der Waals surface area contributed by atoms with Crippen LogP contribution in [0.15, 0.2) is 0 Å². The highest BCUT2D eigenvalue weighted by Crippen LogP contribution is 2.50. The van der Waals surface area contributed by atoms with Crippen molar-refractivity contribution in [1.29, 1.82) is 0 Å². The molecule has 2 atom stereocenters. The lowest BCUT2D eigenvalue weighted by Gasteiger charge is -2.47. The Kier molecular flexibility index (Phi) is 8.12. The van der Waals surface area contributed by atoms with Gasteiger partial charge in [0, 0.05) is 33.5 Å². The average molecular weight is 445 g/mol. The standard InChI is InChI=1S/C23H40S4/c1-23(2,19-7-3-17(4-8-19)11-24-13-21-15-26-21)20-9-5-18(6-10-20)12-25-14-22-16-27-22/h17-22H,3-16H2,1-2H3. The lowest BCUT2D eigenvalue weighted by molar-refractivity contribution is 0.0429. The van der Waals surface area contributed by atoms with Gasteiger partial charge in [-0.2, -0.15) is 47.0 Å². The molecule has 0 bridgehead atoms. The highest BCUT2D eigenvalue weighted by atomic mass is 32.2. The maximum absolute atomic E-state index is 2.64. The first kappa shape index (κ1) is 21.6. The van der Waals surface area contributed by atoms with E-state index in [4.69, 9.17) is 0 Å². The SMILES string of the molecule is CC(C)(C1CCC(CSCC2CS2)CC1)C1CCC(CSCC2CS2)CC1. The maximum Gasteiger partial charge on any atom is 0.0229 e. The summed E-state index contributed by atoms with van der Waals surface area (Å²) in [5, 5.41) is 2.04. The van der Waals surface area contributed by atoms with Gasteiger partial charge < -0.3 is 0 Å². The van der Waals surface area contributed by atoms with Crippen LogP contribution < -0.4 is 0 Å². The molecule has 2 saturated carbocycles. The third-order valence-electron chi connectivity index (χ3n) is 7.92. The second-order valence-electron chi connectivity index (χ2n) is 10.2. The topological polar surface area (TPSA) is 0 Å². The number of hydrogen-bond donors (Lipinski definition) is 0. The molecule has 0 radical (unpaired) electrons. The third-order valence-corrected chi connectivity index (χ3v) is 13.0. The molecular formula is C23H40S4. The Morgan fingerprint density at radius 2 is 1.00 bits per heavy atom. The van der Waals surface area contributed by atoms with Gasteiger partial charge in [0.25, 0.3) is 0 Å². The molecule has 27 heavy (non-hydrogen) atoms. The van der Waals surface area contributed by atoms with Crippen LogP contribution in [0.4, 0.5) is 0 Å². The van der Waals surface area contributed by atoms with Crippen LogP contribution in [0.2, 0.25) is 0 Å². The summed E-state index contributed by atoms with van der Waals surface area (Å²) < 4.78 is 0. The van der Waals surface area contributed by atoms with E-state index in [1.165, 1.54) is 85.9 Å². The van der Waals surface area contributed by atoms with Gasteiger partial charge in [-0.15, -0.1) is 0 Å². The number of rotatable bonds is 10. The highest BCUT2D eigenvalue weighted by Gasteiger charge is 2.40. The third kappa shape index (κ3) is 6.69. The molecule has 0 N–H and O–H groups in total. The van der Waals surface area contributed by atoms with E-state index in [9.17, 15) is 0 Å². The Bertz CT molecular complexity index is 401. The molecule has 4 aliphatic rings. The molecule has 4 rings (SSSR count). The van der Waals surface area contributed by atoms with E-state index >= 15 is 0 Å². The van der Waals surface area contributed by atoms with Crippen molar-refractivity contribution >= 4 is 47.0 Å². The van der Waals surface area contributed by atoms with Gasteiger partial charge in [0.05, 0.1) is 0 Å². The Hall–Kier alpha value is 1.40. The van der Waals surface area contributed by atoms with Crippen molar-refractivity contribution in [2.24, 2.45) is 29.1 Å². The minimum Gasteiger partial charge on any atom is -0.161 e. The van der Waals surface area contributed by atoms with Gasteiger partial charge >= 0.3 is 0 Å². The summed E-state index contributed by atoms with van der Waals surface area (Å²) in [4.78, 5) is 0.